The lowest BCUT2D eigenvalue weighted by Gasteiger charge is -2.18. The highest BCUT2D eigenvalue weighted by molar-refractivity contribution is 5.79. The number of imidazole rings is 1. The van der Waals surface area contributed by atoms with E-state index >= 15 is 0 Å². The van der Waals surface area contributed by atoms with Gasteiger partial charge in [0.2, 0.25) is 11.9 Å². The van der Waals surface area contributed by atoms with Crippen LogP contribution in [0.1, 0.15) is 37.5 Å². The highest BCUT2D eigenvalue weighted by Crippen LogP contribution is 2.35. The van der Waals surface area contributed by atoms with Gasteiger partial charge in [0.25, 0.3) is 0 Å². The van der Waals surface area contributed by atoms with Crippen molar-refractivity contribution in [3.8, 4) is 16.9 Å². The van der Waals surface area contributed by atoms with Gasteiger partial charge in [-0.25, -0.2) is 4.98 Å². The predicted molar refractivity (Wildman–Crippen MR) is 154 cm³/mol. The minimum absolute atomic E-state index is 0.00969. The zero-order valence-corrected chi connectivity index (χ0v) is 22.5. The molecule has 1 aliphatic heterocycles. The van der Waals surface area contributed by atoms with Crippen LogP contribution >= 0.6 is 0 Å². The van der Waals surface area contributed by atoms with Crippen molar-refractivity contribution in [2.24, 2.45) is 0 Å². The van der Waals surface area contributed by atoms with E-state index in [4.69, 9.17) is 19.6 Å². The Morgan fingerprint density at radius 1 is 1.05 bits per heavy atom. The molecule has 9 heteroatoms. The number of nitrogens with zero attached hydrogens (tertiary/aromatic N) is 2. The third-order valence-electron chi connectivity index (χ3n) is 6.99. The molecule has 1 saturated heterocycles. The number of para-hydroxylation sites is 2. The first-order chi connectivity index (χ1) is 19.7. The fourth-order valence-electron chi connectivity index (χ4n) is 5.00. The lowest BCUT2D eigenvalue weighted by Crippen LogP contribution is -2.26. The second kappa shape index (κ2) is 13.4. The van der Waals surface area contributed by atoms with Gasteiger partial charge in [0.1, 0.15) is 12.0 Å². The number of anilines is 1. The molecule has 0 saturated carbocycles. The Bertz CT molecular complexity index is 1410. The van der Waals surface area contributed by atoms with E-state index in [9.17, 15) is 9.90 Å². The van der Waals surface area contributed by atoms with E-state index in [1.54, 1.807) is 0 Å². The summed E-state index contributed by atoms with van der Waals surface area (Å²) >= 11 is 0. The van der Waals surface area contributed by atoms with Crippen molar-refractivity contribution in [1.29, 1.82) is 0 Å². The first kappa shape index (κ1) is 27.6. The van der Waals surface area contributed by atoms with Gasteiger partial charge in [0, 0.05) is 25.1 Å². The molecule has 1 aliphatic rings. The number of amides is 1. The Hall–Kier alpha value is -3.92. The van der Waals surface area contributed by atoms with Crippen LogP contribution in [0.3, 0.4) is 0 Å². The smallest absolute Gasteiger partial charge is 0.220 e. The van der Waals surface area contributed by atoms with E-state index < -0.39 is 0 Å². The molecule has 0 spiro atoms. The lowest BCUT2D eigenvalue weighted by molar-refractivity contribution is -0.121. The molecule has 0 bridgehead atoms. The van der Waals surface area contributed by atoms with Crippen molar-refractivity contribution in [2.75, 3.05) is 31.7 Å². The number of fused-ring (bicyclic) bond motifs is 1. The molecule has 1 amide bonds. The van der Waals surface area contributed by atoms with E-state index in [2.05, 4.69) is 27.3 Å². The second-order valence-corrected chi connectivity index (χ2v) is 9.84. The molecule has 5 rings (SSSR count). The van der Waals surface area contributed by atoms with Gasteiger partial charge < -0.3 is 30.3 Å². The molecular formula is C31H36N4O5. The summed E-state index contributed by atoms with van der Waals surface area (Å²) in [5, 5.41) is 24.6. The zero-order valence-electron chi connectivity index (χ0n) is 22.5. The molecule has 3 aromatic carbocycles. The van der Waals surface area contributed by atoms with E-state index in [1.165, 1.54) is 0 Å². The number of aromatic nitrogens is 2. The zero-order chi connectivity index (χ0) is 27.7. The summed E-state index contributed by atoms with van der Waals surface area (Å²) in [7, 11) is 0. The first-order valence-corrected chi connectivity index (χ1v) is 13.8. The van der Waals surface area contributed by atoms with Crippen LogP contribution in [0.25, 0.3) is 22.2 Å². The summed E-state index contributed by atoms with van der Waals surface area (Å²) in [6, 6.07) is 24.2. The van der Waals surface area contributed by atoms with E-state index in [0.717, 1.165) is 46.3 Å². The highest BCUT2D eigenvalue weighted by Gasteiger charge is 2.29. The van der Waals surface area contributed by atoms with E-state index in [0.29, 0.717) is 31.9 Å². The standard InChI is InChI=1S/C31H36N4O5/c36-17-16-32-29(38)11-6-18-39-28-19-22(12-14-25(28)23-7-2-1-3-8-23)20-33-31-34-26-9-4-5-10-27(26)35(31)30-15-13-24(21-37)40-30/h1-5,7-10,12,14,19,24,30,36-37H,6,11,13,15-18,20-21H2,(H,32,38)(H,33,34)/t24-,30+/m0/s1. The number of carbonyl (C=O) groups excluding carboxylic acids is 1. The normalized spacial score (nSPS) is 16.8. The molecule has 2 heterocycles. The Balaban J connectivity index is 1.33. The van der Waals surface area contributed by atoms with Crippen LogP contribution in [-0.4, -0.2) is 58.1 Å². The number of benzene rings is 3. The van der Waals surface area contributed by atoms with Gasteiger partial charge in [-0.05, 0) is 48.6 Å². The van der Waals surface area contributed by atoms with E-state index in [-0.39, 0.29) is 38.0 Å². The highest BCUT2D eigenvalue weighted by atomic mass is 16.5. The maximum Gasteiger partial charge on any atom is 0.220 e. The molecule has 1 fully saturated rings. The summed E-state index contributed by atoms with van der Waals surface area (Å²) in [4.78, 5) is 16.7. The molecule has 4 aromatic rings. The van der Waals surface area contributed by atoms with Crippen LogP contribution in [0.4, 0.5) is 5.95 Å². The monoisotopic (exact) mass is 544 g/mol. The number of hydrogen-bond donors (Lipinski definition) is 4. The average molecular weight is 545 g/mol. The largest absolute Gasteiger partial charge is 0.493 e. The number of ether oxygens (including phenoxy) is 2. The van der Waals surface area contributed by atoms with Gasteiger partial charge >= 0.3 is 0 Å². The Morgan fingerprint density at radius 3 is 2.67 bits per heavy atom. The van der Waals surface area contributed by atoms with Crippen LogP contribution < -0.4 is 15.4 Å². The van der Waals surface area contributed by atoms with Crippen molar-refractivity contribution >= 4 is 22.9 Å². The molecule has 1 aromatic heterocycles. The molecule has 2 atom stereocenters. The van der Waals surface area contributed by atoms with Gasteiger partial charge in [-0.15, -0.1) is 0 Å². The molecular weight excluding hydrogens is 508 g/mol. The molecule has 0 unspecified atom stereocenters. The first-order valence-electron chi connectivity index (χ1n) is 13.8. The number of rotatable bonds is 13. The molecule has 40 heavy (non-hydrogen) atoms. The summed E-state index contributed by atoms with van der Waals surface area (Å²) in [6.45, 7) is 1.11. The van der Waals surface area contributed by atoms with Gasteiger partial charge in [0.05, 0.1) is 37.0 Å². The molecule has 4 N–H and O–H groups in total. The average Bonchev–Trinajstić information content (AvgIpc) is 3.62. The minimum atomic E-state index is -0.194. The predicted octanol–water partition coefficient (Wildman–Crippen LogP) is 4.25. The quantitative estimate of drug-likeness (QED) is 0.186. The van der Waals surface area contributed by atoms with Crippen molar-refractivity contribution in [3.05, 3.63) is 78.4 Å². The number of carbonyl (C=O) groups is 1. The summed E-state index contributed by atoms with van der Waals surface area (Å²) < 4.78 is 14.4. The number of hydrogen-bond acceptors (Lipinski definition) is 7. The Morgan fingerprint density at radius 2 is 1.88 bits per heavy atom. The number of aliphatic hydroxyl groups is 2. The summed E-state index contributed by atoms with van der Waals surface area (Å²) in [5.41, 5.74) is 4.93. The van der Waals surface area contributed by atoms with Gasteiger partial charge in [-0.2, -0.15) is 0 Å². The summed E-state index contributed by atoms with van der Waals surface area (Å²) in [6.07, 6.45) is 2.15. The molecule has 0 aliphatic carbocycles. The maximum absolute atomic E-state index is 11.9. The Labute approximate surface area is 233 Å². The summed E-state index contributed by atoms with van der Waals surface area (Å²) in [5.74, 6) is 1.37. The SMILES string of the molecule is O=C(CCCOc1cc(CNc2nc3ccccc3n2[C@H]2CC[C@@H](CO)O2)ccc1-c1ccccc1)NCCO. The molecule has 9 nitrogen and oxygen atoms in total. The van der Waals surface area contributed by atoms with Crippen molar-refractivity contribution in [1.82, 2.24) is 14.9 Å². The second-order valence-electron chi connectivity index (χ2n) is 9.84. The lowest BCUT2D eigenvalue weighted by atomic mass is 10.0. The van der Waals surface area contributed by atoms with Gasteiger partial charge in [-0.3, -0.25) is 9.36 Å². The van der Waals surface area contributed by atoms with Crippen molar-refractivity contribution < 1.29 is 24.5 Å². The van der Waals surface area contributed by atoms with Crippen LogP contribution in [0.2, 0.25) is 0 Å². The number of aliphatic hydroxyl groups excluding tert-OH is 2. The minimum Gasteiger partial charge on any atom is -0.493 e. The Kier molecular flexibility index (Phi) is 9.28. The topological polar surface area (TPSA) is 118 Å². The van der Waals surface area contributed by atoms with E-state index in [1.807, 2.05) is 60.7 Å². The fraction of sp³-hybridized carbons (Fsp3) is 0.355. The van der Waals surface area contributed by atoms with Crippen LogP contribution in [0.15, 0.2) is 72.8 Å². The number of nitrogens with one attached hydrogen (secondary N) is 2. The van der Waals surface area contributed by atoms with Gasteiger partial charge in [0.15, 0.2) is 0 Å². The van der Waals surface area contributed by atoms with Gasteiger partial charge in [-0.1, -0.05) is 54.6 Å². The van der Waals surface area contributed by atoms with Crippen LogP contribution in [0.5, 0.6) is 5.75 Å². The van der Waals surface area contributed by atoms with Crippen LogP contribution in [-0.2, 0) is 16.1 Å². The van der Waals surface area contributed by atoms with Crippen molar-refractivity contribution in [2.45, 2.75) is 44.6 Å². The van der Waals surface area contributed by atoms with Crippen molar-refractivity contribution in [3.63, 3.8) is 0 Å². The molecule has 0 radical (unpaired) electrons. The molecule has 210 valence electrons. The third-order valence-corrected chi connectivity index (χ3v) is 6.99. The fourth-order valence-corrected chi connectivity index (χ4v) is 5.00. The van der Waals surface area contributed by atoms with Crippen LogP contribution in [0, 0.1) is 0 Å². The third kappa shape index (κ3) is 6.62. The maximum atomic E-state index is 11.9.